The van der Waals surface area contributed by atoms with E-state index in [1.807, 2.05) is 12.1 Å². The number of aromatic amines is 1. The first-order chi connectivity index (χ1) is 12.0. The lowest BCUT2D eigenvalue weighted by atomic mass is 9.95. The van der Waals surface area contributed by atoms with Gasteiger partial charge in [0.2, 0.25) is 0 Å². The molecule has 25 heavy (non-hydrogen) atoms. The maximum absolute atomic E-state index is 11.5. The number of H-pyrrole nitrogens is 1. The SMILES string of the molecule is CS(=O)(=O)c1ccc(CNc2ccc3[nH]c4c(c3c2)CCCC4)cc1. The summed E-state index contributed by atoms with van der Waals surface area (Å²) in [5, 5.41) is 4.77. The van der Waals surface area contributed by atoms with Crippen LogP contribution in [0.4, 0.5) is 5.69 Å². The highest BCUT2D eigenvalue weighted by Gasteiger charge is 2.15. The van der Waals surface area contributed by atoms with Crippen molar-refractivity contribution < 1.29 is 8.42 Å². The van der Waals surface area contributed by atoms with Crippen LogP contribution in [0.25, 0.3) is 10.9 Å². The summed E-state index contributed by atoms with van der Waals surface area (Å²) in [6.07, 6.45) is 6.08. The number of rotatable bonds is 4. The topological polar surface area (TPSA) is 62.0 Å². The quantitative estimate of drug-likeness (QED) is 0.743. The van der Waals surface area contributed by atoms with Crippen LogP contribution in [0.2, 0.25) is 0 Å². The third-order valence-electron chi connectivity index (χ3n) is 4.95. The molecule has 1 heterocycles. The Morgan fingerprint density at radius 2 is 1.80 bits per heavy atom. The second-order valence-electron chi connectivity index (χ2n) is 6.82. The third-order valence-corrected chi connectivity index (χ3v) is 6.07. The largest absolute Gasteiger partial charge is 0.381 e. The molecular weight excluding hydrogens is 332 g/mol. The van der Waals surface area contributed by atoms with Gasteiger partial charge in [0.15, 0.2) is 9.84 Å². The van der Waals surface area contributed by atoms with Crippen molar-refractivity contribution in [3.05, 3.63) is 59.3 Å². The standard InChI is InChI=1S/C20H22N2O2S/c1-25(23,24)16-9-6-14(7-10-16)13-21-15-8-11-20-18(12-15)17-4-2-3-5-19(17)22-20/h6-12,21-22H,2-5,13H2,1H3. The molecule has 0 amide bonds. The molecule has 0 spiro atoms. The summed E-state index contributed by atoms with van der Waals surface area (Å²) in [6.45, 7) is 0.669. The summed E-state index contributed by atoms with van der Waals surface area (Å²) in [5.41, 5.74) is 6.24. The molecule has 1 aliphatic carbocycles. The van der Waals surface area contributed by atoms with Gasteiger partial charge in [-0.15, -0.1) is 0 Å². The fraction of sp³-hybridized carbons (Fsp3) is 0.300. The van der Waals surface area contributed by atoms with E-state index < -0.39 is 9.84 Å². The van der Waals surface area contributed by atoms with Gasteiger partial charge in [-0.05, 0) is 67.1 Å². The Labute approximate surface area is 148 Å². The second-order valence-corrected chi connectivity index (χ2v) is 8.83. The average Bonchev–Trinajstić information content (AvgIpc) is 2.97. The Morgan fingerprint density at radius 3 is 2.56 bits per heavy atom. The Bertz CT molecular complexity index is 1020. The smallest absolute Gasteiger partial charge is 0.175 e. The molecule has 0 aliphatic heterocycles. The fourth-order valence-electron chi connectivity index (χ4n) is 3.57. The van der Waals surface area contributed by atoms with Crippen molar-refractivity contribution in [2.75, 3.05) is 11.6 Å². The van der Waals surface area contributed by atoms with Crippen LogP contribution in [0.3, 0.4) is 0 Å². The zero-order valence-electron chi connectivity index (χ0n) is 14.3. The molecule has 0 fully saturated rings. The molecule has 130 valence electrons. The first-order valence-corrected chi connectivity index (χ1v) is 10.6. The lowest BCUT2D eigenvalue weighted by molar-refractivity contribution is 0.602. The van der Waals surface area contributed by atoms with Gasteiger partial charge in [0.25, 0.3) is 0 Å². The molecule has 0 unspecified atom stereocenters. The molecule has 0 bridgehead atoms. The average molecular weight is 354 g/mol. The number of nitrogens with one attached hydrogen (secondary N) is 2. The summed E-state index contributed by atoms with van der Waals surface area (Å²) in [4.78, 5) is 3.91. The fourth-order valence-corrected chi connectivity index (χ4v) is 4.21. The molecule has 2 N–H and O–H groups in total. The van der Waals surface area contributed by atoms with Crippen LogP contribution in [0.5, 0.6) is 0 Å². The van der Waals surface area contributed by atoms with E-state index in [1.54, 1.807) is 12.1 Å². The van der Waals surface area contributed by atoms with E-state index >= 15 is 0 Å². The van der Waals surface area contributed by atoms with Gasteiger partial charge in [-0.1, -0.05) is 12.1 Å². The third kappa shape index (κ3) is 3.29. The van der Waals surface area contributed by atoms with Crippen molar-refractivity contribution in [3.8, 4) is 0 Å². The predicted octanol–water partition coefficient (Wildman–Crippen LogP) is 4.06. The normalized spacial score (nSPS) is 14.4. The Balaban J connectivity index is 1.53. The summed E-state index contributed by atoms with van der Waals surface area (Å²) < 4.78 is 23.0. The number of fused-ring (bicyclic) bond motifs is 3. The van der Waals surface area contributed by atoms with Gasteiger partial charge in [0.05, 0.1) is 4.90 Å². The zero-order chi connectivity index (χ0) is 17.4. The van der Waals surface area contributed by atoms with Crippen molar-refractivity contribution >= 4 is 26.4 Å². The van der Waals surface area contributed by atoms with Gasteiger partial charge in [-0.3, -0.25) is 0 Å². The Morgan fingerprint density at radius 1 is 1.04 bits per heavy atom. The lowest BCUT2D eigenvalue weighted by Gasteiger charge is -2.11. The summed E-state index contributed by atoms with van der Waals surface area (Å²) >= 11 is 0. The minimum atomic E-state index is -3.14. The zero-order valence-corrected chi connectivity index (χ0v) is 15.1. The molecule has 4 rings (SSSR count). The van der Waals surface area contributed by atoms with Crippen molar-refractivity contribution in [2.24, 2.45) is 0 Å². The van der Waals surface area contributed by atoms with E-state index in [2.05, 4.69) is 28.5 Å². The van der Waals surface area contributed by atoms with Crippen LogP contribution >= 0.6 is 0 Å². The number of benzene rings is 2. The van der Waals surface area contributed by atoms with Crippen molar-refractivity contribution in [2.45, 2.75) is 37.1 Å². The first-order valence-electron chi connectivity index (χ1n) is 8.67. The lowest BCUT2D eigenvalue weighted by Crippen LogP contribution is -2.01. The van der Waals surface area contributed by atoms with Gasteiger partial charge in [0.1, 0.15) is 0 Å². The van der Waals surface area contributed by atoms with E-state index in [0.29, 0.717) is 11.4 Å². The highest BCUT2D eigenvalue weighted by Crippen LogP contribution is 2.30. The predicted molar refractivity (Wildman–Crippen MR) is 102 cm³/mol. The number of sulfone groups is 1. The van der Waals surface area contributed by atoms with Crippen molar-refractivity contribution in [1.29, 1.82) is 0 Å². The number of aromatic nitrogens is 1. The van der Waals surface area contributed by atoms with E-state index in [1.165, 1.54) is 41.3 Å². The number of hydrogen-bond donors (Lipinski definition) is 2. The van der Waals surface area contributed by atoms with Crippen LogP contribution in [0.1, 0.15) is 29.7 Å². The van der Waals surface area contributed by atoms with Crippen LogP contribution in [-0.4, -0.2) is 19.7 Å². The molecule has 1 aromatic heterocycles. The number of hydrogen-bond acceptors (Lipinski definition) is 3. The van der Waals surface area contributed by atoms with Gasteiger partial charge in [0, 0.05) is 35.1 Å². The Kier molecular flexibility index (Phi) is 4.04. The first kappa shape index (κ1) is 16.2. The summed E-state index contributed by atoms with van der Waals surface area (Å²) in [6, 6.07) is 13.5. The summed E-state index contributed by atoms with van der Waals surface area (Å²) in [5.74, 6) is 0. The van der Waals surface area contributed by atoms with Crippen LogP contribution in [0.15, 0.2) is 47.4 Å². The maximum atomic E-state index is 11.5. The van der Waals surface area contributed by atoms with Crippen LogP contribution < -0.4 is 5.32 Å². The van der Waals surface area contributed by atoms with Crippen LogP contribution in [0, 0.1) is 0 Å². The number of anilines is 1. The van der Waals surface area contributed by atoms with E-state index in [4.69, 9.17) is 0 Å². The van der Waals surface area contributed by atoms with Crippen molar-refractivity contribution in [1.82, 2.24) is 4.98 Å². The molecule has 5 heteroatoms. The van der Waals surface area contributed by atoms with Gasteiger partial charge in [-0.2, -0.15) is 0 Å². The molecule has 0 saturated carbocycles. The minimum Gasteiger partial charge on any atom is -0.381 e. The highest BCUT2D eigenvalue weighted by atomic mass is 32.2. The van der Waals surface area contributed by atoms with E-state index in [0.717, 1.165) is 24.1 Å². The molecule has 4 nitrogen and oxygen atoms in total. The van der Waals surface area contributed by atoms with Gasteiger partial charge in [-0.25, -0.2) is 8.42 Å². The van der Waals surface area contributed by atoms with E-state index in [9.17, 15) is 8.42 Å². The molecular formula is C20H22N2O2S. The monoisotopic (exact) mass is 354 g/mol. The summed E-state index contributed by atoms with van der Waals surface area (Å²) in [7, 11) is -3.14. The van der Waals surface area contributed by atoms with Gasteiger partial charge < -0.3 is 10.3 Å². The van der Waals surface area contributed by atoms with E-state index in [-0.39, 0.29) is 0 Å². The van der Waals surface area contributed by atoms with Crippen molar-refractivity contribution in [3.63, 3.8) is 0 Å². The highest BCUT2D eigenvalue weighted by molar-refractivity contribution is 7.90. The molecule has 1 aliphatic rings. The molecule has 0 radical (unpaired) electrons. The molecule has 3 aromatic rings. The molecule has 0 saturated heterocycles. The second kappa shape index (κ2) is 6.23. The maximum Gasteiger partial charge on any atom is 0.175 e. The molecule has 0 atom stereocenters. The van der Waals surface area contributed by atoms with Gasteiger partial charge >= 0.3 is 0 Å². The Hall–Kier alpha value is -2.27. The van der Waals surface area contributed by atoms with Crippen LogP contribution in [-0.2, 0) is 29.2 Å². The number of aryl methyl sites for hydroxylation is 2. The minimum absolute atomic E-state index is 0.358. The molecule has 2 aromatic carbocycles.